The van der Waals surface area contributed by atoms with Crippen LogP contribution in [0.2, 0.25) is 0 Å². The van der Waals surface area contributed by atoms with Gasteiger partial charge in [0.25, 0.3) is 0 Å². The molecule has 31 heavy (non-hydrogen) atoms. The number of nitrogens with zero attached hydrogens (tertiary/aromatic N) is 2. The Morgan fingerprint density at radius 1 is 1.10 bits per heavy atom. The molecule has 2 N–H and O–H groups in total. The van der Waals surface area contributed by atoms with E-state index >= 15 is 0 Å². The van der Waals surface area contributed by atoms with Crippen LogP contribution in [0.15, 0.2) is 60.8 Å². The molecule has 1 aliphatic carbocycles. The first-order valence-electron chi connectivity index (χ1n) is 10.3. The molecule has 4 rings (SSSR count). The quantitative estimate of drug-likeness (QED) is 0.613. The van der Waals surface area contributed by atoms with E-state index in [-0.39, 0.29) is 23.6 Å². The molecule has 1 aliphatic rings. The van der Waals surface area contributed by atoms with Crippen LogP contribution in [0.4, 0.5) is 10.5 Å². The van der Waals surface area contributed by atoms with Crippen LogP contribution in [0.25, 0.3) is 0 Å². The molecule has 3 aromatic rings. The average molecular weight is 439 g/mol. The Labute approximate surface area is 182 Å². The smallest absolute Gasteiger partial charge is 0.319 e. The van der Waals surface area contributed by atoms with Crippen molar-refractivity contribution in [2.24, 2.45) is 7.05 Å². The summed E-state index contributed by atoms with van der Waals surface area (Å²) in [6.45, 7) is 0. The summed E-state index contributed by atoms with van der Waals surface area (Å²) in [5.41, 5.74) is 4.18. The summed E-state index contributed by atoms with van der Waals surface area (Å²) < 4.78 is 27.0. The van der Waals surface area contributed by atoms with Crippen molar-refractivity contribution in [3.05, 3.63) is 83.2 Å². The van der Waals surface area contributed by atoms with Crippen LogP contribution in [0, 0.1) is 0 Å². The van der Waals surface area contributed by atoms with Gasteiger partial charge in [0.1, 0.15) is 0 Å². The zero-order chi connectivity index (χ0) is 21.8. The highest BCUT2D eigenvalue weighted by Gasteiger charge is 2.24. The van der Waals surface area contributed by atoms with E-state index in [1.54, 1.807) is 36.4 Å². The van der Waals surface area contributed by atoms with Gasteiger partial charge in [0.2, 0.25) is 0 Å². The summed E-state index contributed by atoms with van der Waals surface area (Å²) in [7, 11) is -1.41. The first kappa shape index (κ1) is 21.1. The number of benzene rings is 2. The second-order valence-corrected chi connectivity index (χ2v) is 10.00. The van der Waals surface area contributed by atoms with Gasteiger partial charge < -0.3 is 10.6 Å². The van der Waals surface area contributed by atoms with Gasteiger partial charge in [-0.15, -0.1) is 0 Å². The van der Waals surface area contributed by atoms with Crippen LogP contribution < -0.4 is 10.6 Å². The highest BCUT2D eigenvalue weighted by Crippen LogP contribution is 2.29. The minimum Gasteiger partial charge on any atom is -0.331 e. The van der Waals surface area contributed by atoms with Crippen LogP contribution in [0.5, 0.6) is 0 Å². The van der Waals surface area contributed by atoms with Gasteiger partial charge in [0, 0.05) is 24.0 Å². The van der Waals surface area contributed by atoms with Crippen molar-refractivity contribution < 1.29 is 13.2 Å². The Bertz CT molecular complexity index is 1170. The van der Waals surface area contributed by atoms with Crippen molar-refractivity contribution in [2.45, 2.75) is 36.8 Å². The number of aromatic nitrogens is 2. The average Bonchev–Trinajstić information content (AvgIpc) is 3.10. The largest absolute Gasteiger partial charge is 0.331 e. The number of rotatable bonds is 6. The SMILES string of the molecule is Cn1ncc2c1CCCC2NC(=O)Nc1cccc(CS(=O)(=O)Cc2ccccc2)c1. The van der Waals surface area contributed by atoms with Gasteiger partial charge in [0.15, 0.2) is 9.84 Å². The molecule has 0 fully saturated rings. The number of anilines is 1. The summed E-state index contributed by atoms with van der Waals surface area (Å²) in [4.78, 5) is 12.6. The Morgan fingerprint density at radius 3 is 2.65 bits per heavy atom. The number of hydrogen-bond acceptors (Lipinski definition) is 4. The molecule has 0 aliphatic heterocycles. The van der Waals surface area contributed by atoms with E-state index in [0.717, 1.165) is 36.1 Å². The third kappa shape index (κ3) is 5.32. The van der Waals surface area contributed by atoms with Gasteiger partial charge in [-0.3, -0.25) is 4.68 Å². The molecule has 1 heterocycles. The molecule has 1 aromatic heterocycles. The van der Waals surface area contributed by atoms with Crippen LogP contribution in [-0.4, -0.2) is 24.2 Å². The first-order valence-corrected chi connectivity index (χ1v) is 12.1. The van der Waals surface area contributed by atoms with Gasteiger partial charge in [-0.2, -0.15) is 5.10 Å². The fourth-order valence-corrected chi connectivity index (χ4v) is 5.54. The van der Waals surface area contributed by atoms with Gasteiger partial charge in [-0.1, -0.05) is 42.5 Å². The molecule has 0 saturated heterocycles. The maximum absolute atomic E-state index is 12.6. The molecule has 162 valence electrons. The van der Waals surface area contributed by atoms with Crippen LogP contribution in [-0.2, 0) is 34.8 Å². The topological polar surface area (TPSA) is 93.1 Å². The molecule has 0 bridgehead atoms. The third-order valence-corrected chi connectivity index (χ3v) is 7.03. The molecule has 0 radical (unpaired) electrons. The molecular weight excluding hydrogens is 412 g/mol. The summed E-state index contributed by atoms with van der Waals surface area (Å²) in [5.74, 6) is -0.0954. The number of carbonyl (C=O) groups is 1. The zero-order valence-corrected chi connectivity index (χ0v) is 18.2. The van der Waals surface area contributed by atoms with Crippen LogP contribution >= 0.6 is 0 Å². The number of nitrogens with one attached hydrogen (secondary N) is 2. The molecule has 2 amide bonds. The Kier molecular flexibility index (Phi) is 6.08. The van der Waals surface area contributed by atoms with E-state index in [4.69, 9.17) is 0 Å². The number of urea groups is 1. The van der Waals surface area contributed by atoms with Crippen molar-refractivity contribution in [3.63, 3.8) is 0 Å². The zero-order valence-electron chi connectivity index (χ0n) is 17.4. The Balaban J connectivity index is 1.39. The van der Waals surface area contributed by atoms with Crippen LogP contribution in [0.3, 0.4) is 0 Å². The minimum atomic E-state index is -3.32. The van der Waals surface area contributed by atoms with Gasteiger partial charge in [-0.25, -0.2) is 13.2 Å². The van der Waals surface area contributed by atoms with E-state index in [0.29, 0.717) is 11.3 Å². The van der Waals surface area contributed by atoms with E-state index in [2.05, 4.69) is 15.7 Å². The second-order valence-electron chi connectivity index (χ2n) is 7.93. The van der Waals surface area contributed by atoms with Crippen molar-refractivity contribution in [1.82, 2.24) is 15.1 Å². The lowest BCUT2D eigenvalue weighted by Gasteiger charge is -2.24. The van der Waals surface area contributed by atoms with Crippen molar-refractivity contribution in [2.75, 3.05) is 5.32 Å². The van der Waals surface area contributed by atoms with Crippen molar-refractivity contribution >= 4 is 21.6 Å². The molecule has 2 aromatic carbocycles. The number of aryl methyl sites for hydroxylation is 1. The number of hydrogen-bond donors (Lipinski definition) is 2. The summed E-state index contributed by atoms with van der Waals surface area (Å²) >= 11 is 0. The van der Waals surface area contributed by atoms with E-state index in [9.17, 15) is 13.2 Å². The monoisotopic (exact) mass is 438 g/mol. The van der Waals surface area contributed by atoms with Crippen molar-refractivity contribution in [1.29, 1.82) is 0 Å². The highest BCUT2D eigenvalue weighted by molar-refractivity contribution is 7.89. The molecule has 1 unspecified atom stereocenters. The molecule has 1 atom stereocenters. The van der Waals surface area contributed by atoms with Crippen LogP contribution in [0.1, 0.15) is 41.3 Å². The lowest BCUT2D eigenvalue weighted by atomic mass is 9.93. The van der Waals surface area contributed by atoms with E-state index in [1.807, 2.05) is 36.1 Å². The van der Waals surface area contributed by atoms with Crippen molar-refractivity contribution in [3.8, 4) is 0 Å². The highest BCUT2D eigenvalue weighted by atomic mass is 32.2. The third-order valence-electron chi connectivity index (χ3n) is 5.48. The fraction of sp³-hybridized carbons (Fsp3) is 0.304. The number of amides is 2. The number of fused-ring (bicyclic) bond motifs is 1. The maximum Gasteiger partial charge on any atom is 0.319 e. The summed E-state index contributed by atoms with van der Waals surface area (Å²) in [5, 5.41) is 10.1. The summed E-state index contributed by atoms with van der Waals surface area (Å²) in [6.07, 6.45) is 4.64. The van der Waals surface area contributed by atoms with Gasteiger partial charge >= 0.3 is 6.03 Å². The molecule has 0 saturated carbocycles. The standard InChI is InChI=1S/C23H26N4O3S/c1-27-22-12-6-11-21(20(22)14-24-27)26-23(28)25-19-10-5-9-18(13-19)16-31(29,30)15-17-7-3-2-4-8-17/h2-5,7-10,13-14,21H,6,11-12,15-16H2,1H3,(H2,25,26,28). The Morgan fingerprint density at radius 2 is 1.84 bits per heavy atom. The normalized spacial score (nSPS) is 15.8. The number of carbonyl (C=O) groups excluding carboxylic acids is 1. The van der Waals surface area contributed by atoms with Gasteiger partial charge in [-0.05, 0) is 42.5 Å². The van der Waals surface area contributed by atoms with E-state index in [1.165, 1.54) is 0 Å². The Hall–Kier alpha value is -3.13. The molecule has 7 nitrogen and oxygen atoms in total. The second kappa shape index (κ2) is 8.93. The predicted octanol–water partition coefficient (Wildman–Crippen LogP) is 3.73. The van der Waals surface area contributed by atoms with Gasteiger partial charge in [0.05, 0.1) is 23.7 Å². The van der Waals surface area contributed by atoms with E-state index < -0.39 is 9.84 Å². The maximum atomic E-state index is 12.6. The molecule has 0 spiro atoms. The molecule has 8 heteroatoms. The lowest BCUT2D eigenvalue weighted by Crippen LogP contribution is -2.34. The lowest BCUT2D eigenvalue weighted by molar-refractivity contribution is 0.247. The first-order chi connectivity index (χ1) is 14.9. The number of sulfone groups is 1. The minimum absolute atomic E-state index is 0.0128. The molecular formula is C23H26N4O3S. The summed E-state index contributed by atoms with van der Waals surface area (Å²) in [6, 6.07) is 15.7. The fourth-order valence-electron chi connectivity index (χ4n) is 4.05. The predicted molar refractivity (Wildman–Crippen MR) is 120 cm³/mol.